The van der Waals surface area contributed by atoms with E-state index in [0.717, 1.165) is 12.1 Å². The molecular formula is C12H9ClF3NO2. The van der Waals surface area contributed by atoms with E-state index in [-0.39, 0.29) is 11.6 Å². The summed E-state index contributed by atoms with van der Waals surface area (Å²) in [7, 11) is 0. The second-order valence-corrected chi connectivity index (χ2v) is 3.95. The van der Waals surface area contributed by atoms with Gasteiger partial charge in [0.2, 0.25) is 0 Å². The van der Waals surface area contributed by atoms with E-state index in [0.29, 0.717) is 0 Å². The van der Waals surface area contributed by atoms with Crippen LogP contribution in [0, 0.1) is 11.3 Å². The molecule has 1 rings (SSSR count). The molecule has 0 aliphatic heterocycles. The van der Waals surface area contributed by atoms with Crippen LogP contribution < -0.4 is 0 Å². The number of ether oxygens (including phenoxy) is 1. The average molecular weight is 292 g/mol. The zero-order valence-corrected chi connectivity index (χ0v) is 10.6. The van der Waals surface area contributed by atoms with Gasteiger partial charge in [-0.3, -0.25) is 4.79 Å². The number of nitriles is 1. The van der Waals surface area contributed by atoms with Gasteiger partial charge in [0.05, 0.1) is 30.2 Å². The third-order valence-corrected chi connectivity index (χ3v) is 2.64. The van der Waals surface area contributed by atoms with Gasteiger partial charge in [-0.2, -0.15) is 18.4 Å². The first-order valence-corrected chi connectivity index (χ1v) is 5.63. The molecule has 0 aromatic heterocycles. The van der Waals surface area contributed by atoms with Crippen molar-refractivity contribution >= 4 is 17.6 Å². The van der Waals surface area contributed by atoms with Crippen molar-refractivity contribution in [2.75, 3.05) is 6.61 Å². The van der Waals surface area contributed by atoms with Crippen LogP contribution in [0.3, 0.4) is 0 Å². The van der Waals surface area contributed by atoms with Crippen molar-refractivity contribution in [2.24, 2.45) is 0 Å². The molecule has 0 aliphatic rings. The summed E-state index contributed by atoms with van der Waals surface area (Å²) in [6.45, 7) is 1.59. The number of carbonyl (C=O) groups excluding carboxylic acids is 1. The molecule has 19 heavy (non-hydrogen) atoms. The van der Waals surface area contributed by atoms with Gasteiger partial charge in [0.25, 0.3) is 0 Å². The van der Waals surface area contributed by atoms with Crippen molar-refractivity contribution in [3.05, 3.63) is 33.8 Å². The van der Waals surface area contributed by atoms with Crippen LogP contribution in [0.5, 0.6) is 0 Å². The Morgan fingerprint density at radius 3 is 2.58 bits per heavy atom. The summed E-state index contributed by atoms with van der Waals surface area (Å²) in [5, 5.41) is 8.50. The van der Waals surface area contributed by atoms with Crippen molar-refractivity contribution in [3.63, 3.8) is 0 Å². The number of hydrogen-bond donors (Lipinski definition) is 0. The highest BCUT2D eigenvalue weighted by atomic mass is 35.5. The van der Waals surface area contributed by atoms with Crippen molar-refractivity contribution in [1.29, 1.82) is 5.26 Å². The van der Waals surface area contributed by atoms with Gasteiger partial charge in [-0.15, -0.1) is 0 Å². The molecule has 0 bridgehead atoms. The largest absolute Gasteiger partial charge is 0.466 e. The van der Waals surface area contributed by atoms with Crippen LogP contribution in [0.25, 0.3) is 0 Å². The van der Waals surface area contributed by atoms with Gasteiger partial charge in [-0.25, -0.2) is 0 Å². The third-order valence-electron chi connectivity index (χ3n) is 2.29. The summed E-state index contributed by atoms with van der Waals surface area (Å²) in [6, 6.07) is 3.57. The van der Waals surface area contributed by atoms with E-state index in [1.54, 1.807) is 0 Å². The number of benzene rings is 1. The van der Waals surface area contributed by atoms with Gasteiger partial charge in [-0.05, 0) is 24.6 Å². The van der Waals surface area contributed by atoms with Crippen molar-refractivity contribution < 1.29 is 22.7 Å². The highest BCUT2D eigenvalue weighted by Crippen LogP contribution is 2.37. The maximum atomic E-state index is 13.0. The molecule has 0 spiro atoms. The molecule has 0 radical (unpaired) electrons. The molecule has 0 N–H and O–H groups in total. The molecule has 0 amide bonds. The molecule has 0 heterocycles. The molecule has 1 aromatic carbocycles. The highest BCUT2D eigenvalue weighted by molar-refractivity contribution is 6.31. The minimum absolute atomic E-state index is 0.0513. The van der Waals surface area contributed by atoms with Crippen LogP contribution in [0.2, 0.25) is 5.02 Å². The Hall–Kier alpha value is -1.74. The van der Waals surface area contributed by atoms with Crippen molar-refractivity contribution in [1.82, 2.24) is 0 Å². The summed E-state index contributed by atoms with van der Waals surface area (Å²) in [4.78, 5) is 11.3. The van der Waals surface area contributed by atoms with E-state index in [2.05, 4.69) is 4.74 Å². The fourth-order valence-corrected chi connectivity index (χ4v) is 1.79. The number of halogens is 4. The molecule has 0 saturated heterocycles. The summed E-state index contributed by atoms with van der Waals surface area (Å²) < 4.78 is 43.4. The van der Waals surface area contributed by atoms with E-state index < -0.39 is 35.3 Å². The Morgan fingerprint density at radius 1 is 1.47 bits per heavy atom. The number of alkyl halides is 3. The van der Waals surface area contributed by atoms with Gasteiger partial charge in [-0.1, -0.05) is 11.6 Å². The van der Waals surface area contributed by atoms with Gasteiger partial charge in [0, 0.05) is 5.02 Å². The monoisotopic (exact) mass is 291 g/mol. The smallest absolute Gasteiger partial charge is 0.418 e. The molecule has 0 unspecified atom stereocenters. The van der Waals surface area contributed by atoms with Gasteiger partial charge >= 0.3 is 12.1 Å². The Labute approximate surface area is 112 Å². The average Bonchev–Trinajstić information content (AvgIpc) is 2.30. The Bertz CT molecular complexity index is 535. The van der Waals surface area contributed by atoms with Crippen LogP contribution in [-0.4, -0.2) is 12.6 Å². The van der Waals surface area contributed by atoms with Crippen LogP contribution in [0.4, 0.5) is 13.2 Å². The summed E-state index contributed by atoms with van der Waals surface area (Å²) in [6.07, 6.45) is -5.39. The lowest BCUT2D eigenvalue weighted by atomic mass is 9.98. The zero-order valence-electron chi connectivity index (χ0n) is 9.84. The first kappa shape index (κ1) is 15.3. The predicted octanol–water partition coefficient (Wildman–Crippen LogP) is 3.34. The second-order valence-electron chi connectivity index (χ2n) is 3.54. The number of hydrogen-bond acceptors (Lipinski definition) is 3. The summed E-state index contributed by atoms with van der Waals surface area (Å²) in [5.41, 5.74) is -2.20. The Balaban J connectivity index is 3.36. The van der Waals surface area contributed by atoms with Crippen LogP contribution in [0.1, 0.15) is 23.6 Å². The fourth-order valence-electron chi connectivity index (χ4n) is 1.57. The number of nitrogens with zero attached hydrogens (tertiary/aromatic N) is 1. The predicted molar refractivity (Wildman–Crippen MR) is 61.5 cm³/mol. The molecule has 1 aromatic rings. The van der Waals surface area contributed by atoms with Crippen molar-refractivity contribution in [2.45, 2.75) is 19.5 Å². The zero-order chi connectivity index (χ0) is 14.6. The van der Waals surface area contributed by atoms with E-state index in [1.807, 2.05) is 0 Å². The molecule has 0 atom stereocenters. The van der Waals surface area contributed by atoms with E-state index in [4.69, 9.17) is 16.9 Å². The number of rotatable bonds is 3. The lowest BCUT2D eigenvalue weighted by molar-refractivity contribution is -0.143. The minimum atomic E-state index is -4.77. The van der Waals surface area contributed by atoms with Gasteiger partial charge in [0.1, 0.15) is 0 Å². The normalized spacial score (nSPS) is 10.9. The first-order chi connectivity index (χ1) is 8.81. The minimum Gasteiger partial charge on any atom is -0.466 e. The Morgan fingerprint density at radius 2 is 2.11 bits per heavy atom. The SMILES string of the molecule is CCOC(=O)Cc1c(Cl)ccc(C#N)c1C(F)(F)F. The highest BCUT2D eigenvalue weighted by Gasteiger charge is 2.37. The van der Waals surface area contributed by atoms with Gasteiger partial charge < -0.3 is 4.74 Å². The fraction of sp³-hybridized carbons (Fsp3) is 0.333. The first-order valence-electron chi connectivity index (χ1n) is 5.25. The lowest BCUT2D eigenvalue weighted by Gasteiger charge is -2.15. The molecule has 0 aliphatic carbocycles. The molecule has 3 nitrogen and oxygen atoms in total. The molecule has 102 valence electrons. The molecule has 7 heteroatoms. The van der Waals surface area contributed by atoms with Crippen LogP contribution in [0.15, 0.2) is 12.1 Å². The standard InChI is InChI=1S/C12H9ClF3NO2/c1-2-19-10(18)5-8-9(13)4-3-7(6-17)11(8)12(14,15)16/h3-4H,2,5H2,1H3. The van der Waals surface area contributed by atoms with E-state index >= 15 is 0 Å². The molecule has 0 fully saturated rings. The lowest BCUT2D eigenvalue weighted by Crippen LogP contribution is -2.16. The number of esters is 1. The quantitative estimate of drug-likeness (QED) is 0.803. The van der Waals surface area contributed by atoms with Crippen molar-refractivity contribution in [3.8, 4) is 6.07 Å². The van der Waals surface area contributed by atoms with Crippen LogP contribution >= 0.6 is 11.6 Å². The van der Waals surface area contributed by atoms with E-state index in [9.17, 15) is 18.0 Å². The topological polar surface area (TPSA) is 50.1 Å². The summed E-state index contributed by atoms with van der Waals surface area (Å²) >= 11 is 5.69. The Kier molecular flexibility index (Phi) is 4.78. The maximum absolute atomic E-state index is 13.0. The van der Waals surface area contributed by atoms with Crippen LogP contribution in [-0.2, 0) is 22.1 Å². The maximum Gasteiger partial charge on any atom is 0.418 e. The third kappa shape index (κ3) is 3.61. The molecular weight excluding hydrogens is 283 g/mol. The van der Waals surface area contributed by atoms with E-state index in [1.165, 1.54) is 13.0 Å². The summed E-state index contributed by atoms with van der Waals surface area (Å²) in [5.74, 6) is -0.829. The second kappa shape index (κ2) is 5.93. The van der Waals surface area contributed by atoms with Gasteiger partial charge in [0.15, 0.2) is 0 Å². The molecule has 0 saturated carbocycles. The number of carbonyl (C=O) groups is 1.